The molecule has 3 aromatic carbocycles. The first-order valence-corrected chi connectivity index (χ1v) is 10.1. The van der Waals surface area contributed by atoms with Crippen LogP contribution in [0.15, 0.2) is 42.5 Å². The van der Waals surface area contributed by atoms with Gasteiger partial charge in [-0.3, -0.25) is 4.79 Å². The molecule has 7 heteroatoms. The van der Waals surface area contributed by atoms with Crippen LogP contribution in [0.1, 0.15) is 22.3 Å². The molecule has 7 nitrogen and oxygen atoms in total. The van der Waals surface area contributed by atoms with Gasteiger partial charge in [-0.1, -0.05) is 6.07 Å². The number of esters is 1. The summed E-state index contributed by atoms with van der Waals surface area (Å²) < 4.78 is 10.1. The Hall–Kier alpha value is -4.18. The van der Waals surface area contributed by atoms with Gasteiger partial charge in [-0.2, -0.15) is 5.26 Å². The van der Waals surface area contributed by atoms with Gasteiger partial charge in [-0.15, -0.1) is 0 Å². The molecule has 0 amide bonds. The second kappa shape index (κ2) is 8.52. The van der Waals surface area contributed by atoms with E-state index in [-0.39, 0.29) is 18.1 Å². The summed E-state index contributed by atoms with van der Waals surface area (Å²) in [5.74, 6) is 0.341. The standard InChI is InChI=1S/C25H23N3O4/c1-14-6-17(12-26)24(31-2)11-18(14)16-9-21-19(23(29)10-16)13-27-22-7-15(8-25(30)32-3)4-5-20(22)28-21/h4-7,9-11,27-29H,8,13H2,1-3H3. The molecule has 1 aliphatic rings. The number of aromatic hydroxyl groups is 1. The number of carbonyl (C=O) groups is 1. The van der Waals surface area contributed by atoms with Crippen molar-refractivity contribution >= 4 is 23.0 Å². The van der Waals surface area contributed by atoms with E-state index in [1.165, 1.54) is 14.2 Å². The molecule has 0 saturated carbocycles. The van der Waals surface area contributed by atoms with Crippen molar-refractivity contribution in [3.05, 3.63) is 64.7 Å². The first-order chi connectivity index (χ1) is 15.4. The second-order valence-corrected chi connectivity index (χ2v) is 7.61. The van der Waals surface area contributed by atoms with E-state index in [0.717, 1.165) is 44.9 Å². The monoisotopic (exact) mass is 429 g/mol. The van der Waals surface area contributed by atoms with Gasteiger partial charge < -0.3 is 25.2 Å². The van der Waals surface area contributed by atoms with E-state index in [0.29, 0.717) is 17.9 Å². The lowest BCUT2D eigenvalue weighted by molar-refractivity contribution is -0.139. The van der Waals surface area contributed by atoms with Gasteiger partial charge in [-0.05, 0) is 65.6 Å². The zero-order chi connectivity index (χ0) is 22.8. The number of methoxy groups -OCH3 is 2. The van der Waals surface area contributed by atoms with Crippen LogP contribution in [0.4, 0.5) is 17.1 Å². The van der Waals surface area contributed by atoms with Crippen molar-refractivity contribution in [2.24, 2.45) is 0 Å². The van der Waals surface area contributed by atoms with Crippen molar-refractivity contribution in [3.8, 4) is 28.7 Å². The van der Waals surface area contributed by atoms with Gasteiger partial charge in [0.15, 0.2) is 0 Å². The summed E-state index contributed by atoms with van der Waals surface area (Å²) in [6, 6.07) is 15.1. The quantitative estimate of drug-likeness (QED) is 0.519. The molecule has 0 aromatic heterocycles. The Morgan fingerprint density at radius 3 is 2.66 bits per heavy atom. The molecule has 0 saturated heterocycles. The highest BCUT2D eigenvalue weighted by atomic mass is 16.5. The van der Waals surface area contributed by atoms with Crippen molar-refractivity contribution in [1.29, 1.82) is 5.26 Å². The third-order valence-corrected chi connectivity index (χ3v) is 5.59. The number of hydrogen-bond donors (Lipinski definition) is 3. The Balaban J connectivity index is 1.74. The molecule has 0 aliphatic carbocycles. The average Bonchev–Trinajstić information content (AvgIpc) is 2.97. The summed E-state index contributed by atoms with van der Waals surface area (Å²) in [4.78, 5) is 11.6. The number of benzene rings is 3. The van der Waals surface area contributed by atoms with E-state index in [9.17, 15) is 15.2 Å². The molecule has 0 spiro atoms. The number of ether oxygens (including phenoxy) is 2. The Labute approximate surface area is 186 Å². The topological polar surface area (TPSA) is 104 Å². The van der Waals surface area contributed by atoms with Crippen LogP contribution in [-0.2, 0) is 22.5 Å². The minimum Gasteiger partial charge on any atom is -0.507 e. The van der Waals surface area contributed by atoms with Crippen molar-refractivity contribution in [2.75, 3.05) is 24.9 Å². The molecule has 3 N–H and O–H groups in total. The third-order valence-electron chi connectivity index (χ3n) is 5.59. The Kier molecular flexibility index (Phi) is 5.61. The van der Waals surface area contributed by atoms with Gasteiger partial charge in [0.25, 0.3) is 0 Å². The molecule has 3 aromatic rings. The highest BCUT2D eigenvalue weighted by Crippen LogP contribution is 2.41. The first kappa shape index (κ1) is 21.1. The van der Waals surface area contributed by atoms with E-state index in [4.69, 9.17) is 9.47 Å². The summed E-state index contributed by atoms with van der Waals surface area (Å²) in [5.41, 5.74) is 7.05. The van der Waals surface area contributed by atoms with E-state index < -0.39 is 0 Å². The highest BCUT2D eigenvalue weighted by Gasteiger charge is 2.19. The van der Waals surface area contributed by atoms with E-state index in [2.05, 4.69) is 16.7 Å². The molecule has 4 rings (SSSR count). The second-order valence-electron chi connectivity index (χ2n) is 7.61. The fourth-order valence-corrected chi connectivity index (χ4v) is 3.89. The third kappa shape index (κ3) is 3.91. The fraction of sp³-hybridized carbons (Fsp3) is 0.200. The molecular formula is C25H23N3O4. The maximum absolute atomic E-state index is 11.6. The SMILES string of the molecule is COC(=O)Cc1ccc2c(c1)NCc1c(O)cc(-c3cc(OC)c(C#N)cc3C)cc1N2. The number of fused-ring (bicyclic) bond motifs is 2. The van der Waals surface area contributed by atoms with Gasteiger partial charge in [0.1, 0.15) is 17.6 Å². The van der Waals surface area contributed by atoms with Gasteiger partial charge in [-0.25, -0.2) is 0 Å². The van der Waals surface area contributed by atoms with Crippen LogP contribution in [0.25, 0.3) is 11.1 Å². The fourth-order valence-electron chi connectivity index (χ4n) is 3.89. The Morgan fingerprint density at radius 1 is 1.12 bits per heavy atom. The molecule has 0 radical (unpaired) electrons. The van der Waals surface area contributed by atoms with Crippen LogP contribution in [0.5, 0.6) is 11.5 Å². The molecule has 162 valence electrons. The van der Waals surface area contributed by atoms with Crippen LogP contribution in [-0.4, -0.2) is 25.3 Å². The van der Waals surface area contributed by atoms with Gasteiger partial charge in [0.05, 0.1) is 37.6 Å². The summed E-state index contributed by atoms with van der Waals surface area (Å²) in [6.45, 7) is 2.34. The van der Waals surface area contributed by atoms with E-state index in [1.54, 1.807) is 12.1 Å². The van der Waals surface area contributed by atoms with Gasteiger partial charge in [0, 0.05) is 17.8 Å². The number of nitrogens with zero attached hydrogens (tertiary/aromatic N) is 1. The summed E-state index contributed by atoms with van der Waals surface area (Å²) in [6.07, 6.45) is 0.188. The summed E-state index contributed by atoms with van der Waals surface area (Å²) >= 11 is 0. The van der Waals surface area contributed by atoms with Crippen molar-refractivity contribution in [3.63, 3.8) is 0 Å². The molecule has 0 fully saturated rings. The first-order valence-electron chi connectivity index (χ1n) is 10.1. The molecule has 1 aliphatic heterocycles. The lowest BCUT2D eigenvalue weighted by atomic mass is 9.95. The van der Waals surface area contributed by atoms with Crippen LogP contribution in [0.2, 0.25) is 0 Å². The number of hydrogen-bond acceptors (Lipinski definition) is 7. The summed E-state index contributed by atoms with van der Waals surface area (Å²) in [5, 5.41) is 26.9. The number of rotatable bonds is 4. The average molecular weight is 429 g/mol. The van der Waals surface area contributed by atoms with Crippen LogP contribution >= 0.6 is 0 Å². The number of nitriles is 1. The van der Waals surface area contributed by atoms with Crippen molar-refractivity contribution < 1.29 is 19.4 Å². The van der Waals surface area contributed by atoms with Crippen molar-refractivity contribution in [1.82, 2.24) is 0 Å². The zero-order valence-corrected chi connectivity index (χ0v) is 18.1. The number of phenolic OH excluding ortho intramolecular Hbond substituents is 1. The van der Waals surface area contributed by atoms with Gasteiger partial charge >= 0.3 is 5.97 Å². The van der Waals surface area contributed by atoms with Crippen LogP contribution in [0.3, 0.4) is 0 Å². The maximum Gasteiger partial charge on any atom is 0.309 e. The molecule has 1 heterocycles. The molecular weight excluding hydrogens is 406 g/mol. The molecule has 32 heavy (non-hydrogen) atoms. The normalized spacial score (nSPS) is 11.7. The van der Waals surface area contributed by atoms with E-state index in [1.807, 2.05) is 37.3 Å². The molecule has 0 atom stereocenters. The van der Waals surface area contributed by atoms with Crippen molar-refractivity contribution in [2.45, 2.75) is 19.9 Å². The van der Waals surface area contributed by atoms with Crippen LogP contribution in [0, 0.1) is 18.3 Å². The minimum atomic E-state index is -0.301. The van der Waals surface area contributed by atoms with E-state index >= 15 is 0 Å². The Bertz CT molecular complexity index is 1260. The number of anilines is 3. The highest BCUT2D eigenvalue weighted by molar-refractivity contribution is 5.84. The lowest BCUT2D eigenvalue weighted by Gasteiger charge is -2.15. The largest absolute Gasteiger partial charge is 0.507 e. The zero-order valence-electron chi connectivity index (χ0n) is 18.1. The number of phenols is 1. The predicted octanol–water partition coefficient (Wildman–Crippen LogP) is 4.63. The van der Waals surface area contributed by atoms with Gasteiger partial charge in [0.2, 0.25) is 0 Å². The Morgan fingerprint density at radius 2 is 1.94 bits per heavy atom. The number of aryl methyl sites for hydroxylation is 1. The smallest absolute Gasteiger partial charge is 0.309 e. The number of carbonyl (C=O) groups excluding carboxylic acids is 1. The minimum absolute atomic E-state index is 0.155. The van der Waals surface area contributed by atoms with Crippen LogP contribution < -0.4 is 15.4 Å². The molecule has 0 bridgehead atoms. The summed E-state index contributed by atoms with van der Waals surface area (Å²) in [7, 11) is 2.90. The molecule has 0 unspecified atom stereocenters. The predicted molar refractivity (Wildman–Crippen MR) is 122 cm³/mol. The number of nitrogens with one attached hydrogen (secondary N) is 2. The lowest BCUT2D eigenvalue weighted by Crippen LogP contribution is -2.05. The maximum atomic E-state index is 11.6.